The second-order valence-electron chi connectivity index (χ2n) is 8.20. The van der Waals surface area contributed by atoms with E-state index in [1.165, 1.54) is 18.2 Å². The summed E-state index contributed by atoms with van der Waals surface area (Å²) in [6.07, 6.45) is -1.53. The molecule has 4 saturated carbocycles. The molecular formula is C19H20F2O6S. The van der Waals surface area contributed by atoms with Gasteiger partial charge in [-0.2, -0.15) is 8.42 Å². The fourth-order valence-electron chi connectivity index (χ4n) is 5.46. The molecule has 1 aromatic rings. The van der Waals surface area contributed by atoms with E-state index in [-0.39, 0.29) is 36.4 Å². The lowest BCUT2D eigenvalue weighted by molar-refractivity contribution is -0.195. The summed E-state index contributed by atoms with van der Waals surface area (Å²) < 4.78 is 64.1. The maximum atomic E-state index is 14.1. The van der Waals surface area contributed by atoms with Gasteiger partial charge in [0, 0.05) is 11.8 Å². The molecule has 1 aromatic carbocycles. The van der Waals surface area contributed by atoms with E-state index in [4.69, 9.17) is 4.74 Å². The first-order valence-corrected chi connectivity index (χ1v) is 10.6. The summed E-state index contributed by atoms with van der Waals surface area (Å²) in [6, 6.07) is 6.16. The van der Waals surface area contributed by atoms with Crippen LogP contribution < -0.4 is 0 Å². The fourth-order valence-corrected chi connectivity index (χ4v) is 6.37. The minimum absolute atomic E-state index is 0.112. The van der Waals surface area contributed by atoms with E-state index in [0.29, 0.717) is 19.3 Å². The number of esters is 1. The normalized spacial score (nSPS) is 33.7. The topological polar surface area (TPSA) is 97.7 Å². The predicted octanol–water partition coefficient (Wildman–Crippen LogP) is 2.73. The molecule has 0 radical (unpaired) electrons. The fraction of sp³-hybridized carbons (Fsp3) is 0.579. The number of carbonyl (C=O) groups is 2. The van der Waals surface area contributed by atoms with Crippen molar-refractivity contribution < 1.29 is 36.1 Å². The molecular weight excluding hydrogens is 394 g/mol. The molecule has 3 atom stereocenters. The zero-order valence-corrected chi connectivity index (χ0v) is 15.7. The van der Waals surface area contributed by atoms with E-state index in [1.807, 2.05) is 0 Å². The molecule has 0 aromatic heterocycles. The molecule has 152 valence electrons. The zero-order chi connectivity index (χ0) is 20.3. The Morgan fingerprint density at radius 3 is 2.21 bits per heavy atom. The van der Waals surface area contributed by atoms with Gasteiger partial charge < -0.3 is 4.74 Å². The molecule has 0 amide bonds. The Bertz CT molecular complexity index is 898. The number of ether oxygens (including phenoxy) is 1. The van der Waals surface area contributed by atoms with Crippen LogP contribution in [0.3, 0.4) is 0 Å². The van der Waals surface area contributed by atoms with Gasteiger partial charge in [0.05, 0.1) is 0 Å². The van der Waals surface area contributed by atoms with Crippen LogP contribution in [-0.2, 0) is 29.2 Å². The standard InChI is InChI=1S/C19H20F2O6S/c20-16(21)19(28(24,25)26,14-4-2-1-3-5-14)17(23)27-18-8-11-6-12(9-18)15(22)13(7-11)10-18/h1-5,11-13,16H,6-10H2,(H,24,25,26). The minimum atomic E-state index is -5.56. The summed E-state index contributed by atoms with van der Waals surface area (Å²) >= 11 is 0. The predicted molar refractivity (Wildman–Crippen MR) is 93.1 cm³/mol. The van der Waals surface area contributed by atoms with Crippen molar-refractivity contribution in [3.63, 3.8) is 0 Å². The van der Waals surface area contributed by atoms with E-state index in [9.17, 15) is 31.3 Å². The van der Waals surface area contributed by atoms with Gasteiger partial charge in [-0.05, 0) is 43.6 Å². The highest BCUT2D eigenvalue weighted by Crippen LogP contribution is 2.56. The van der Waals surface area contributed by atoms with Crippen LogP contribution >= 0.6 is 0 Å². The number of hydrogen-bond donors (Lipinski definition) is 1. The van der Waals surface area contributed by atoms with Crippen LogP contribution in [0.4, 0.5) is 8.78 Å². The van der Waals surface area contributed by atoms with Crippen LogP contribution in [0.1, 0.15) is 37.7 Å². The lowest BCUT2D eigenvalue weighted by Crippen LogP contribution is -2.60. The first-order valence-electron chi connectivity index (χ1n) is 9.17. The van der Waals surface area contributed by atoms with Crippen LogP contribution in [0.15, 0.2) is 30.3 Å². The molecule has 9 heteroatoms. The lowest BCUT2D eigenvalue weighted by Gasteiger charge is -2.55. The van der Waals surface area contributed by atoms with Crippen LogP contribution in [0.2, 0.25) is 0 Å². The smallest absolute Gasteiger partial charge is 0.341 e. The third-order valence-electron chi connectivity index (χ3n) is 6.47. The Labute approximate surface area is 161 Å². The molecule has 1 N–H and O–H groups in total. The minimum Gasteiger partial charge on any atom is -0.457 e. The number of rotatable bonds is 5. The Balaban J connectivity index is 1.75. The highest BCUT2D eigenvalue weighted by molar-refractivity contribution is 7.87. The number of hydrogen-bond acceptors (Lipinski definition) is 5. The molecule has 4 bridgehead atoms. The lowest BCUT2D eigenvalue weighted by atomic mass is 9.53. The van der Waals surface area contributed by atoms with E-state index in [1.54, 1.807) is 0 Å². The van der Waals surface area contributed by atoms with Crippen molar-refractivity contribution in [2.24, 2.45) is 17.8 Å². The number of benzene rings is 1. The monoisotopic (exact) mass is 414 g/mol. The Hall–Kier alpha value is -1.87. The van der Waals surface area contributed by atoms with E-state index >= 15 is 0 Å². The Morgan fingerprint density at radius 1 is 1.14 bits per heavy atom. The quantitative estimate of drug-likeness (QED) is 0.588. The first kappa shape index (κ1) is 19.4. The van der Waals surface area contributed by atoms with E-state index in [0.717, 1.165) is 12.1 Å². The van der Waals surface area contributed by atoms with Crippen molar-refractivity contribution >= 4 is 21.9 Å². The van der Waals surface area contributed by atoms with E-state index < -0.39 is 38.4 Å². The first-order chi connectivity index (χ1) is 13.1. The molecule has 4 aliphatic carbocycles. The summed E-state index contributed by atoms with van der Waals surface area (Å²) in [5, 5.41) is 0. The summed E-state index contributed by atoms with van der Waals surface area (Å²) in [4.78, 5) is 25.3. The molecule has 6 nitrogen and oxygen atoms in total. The highest BCUT2D eigenvalue weighted by Gasteiger charge is 2.64. The highest BCUT2D eigenvalue weighted by atomic mass is 32.2. The molecule has 0 aliphatic heterocycles. The van der Waals surface area contributed by atoms with Crippen molar-refractivity contribution in [1.29, 1.82) is 0 Å². The van der Waals surface area contributed by atoms with Gasteiger partial charge in [-0.3, -0.25) is 9.35 Å². The van der Waals surface area contributed by atoms with Gasteiger partial charge in [-0.15, -0.1) is 0 Å². The maximum absolute atomic E-state index is 14.1. The zero-order valence-electron chi connectivity index (χ0n) is 14.9. The maximum Gasteiger partial charge on any atom is 0.341 e. The summed E-state index contributed by atoms with van der Waals surface area (Å²) in [6.45, 7) is 0. The average Bonchev–Trinajstić information content (AvgIpc) is 2.58. The van der Waals surface area contributed by atoms with Crippen LogP contribution in [0, 0.1) is 17.8 Å². The van der Waals surface area contributed by atoms with Crippen molar-refractivity contribution in [1.82, 2.24) is 0 Å². The van der Waals surface area contributed by atoms with Gasteiger partial charge in [0.15, 0.2) is 0 Å². The molecule has 4 aliphatic rings. The number of ketones is 1. The Kier molecular flexibility index (Phi) is 4.39. The van der Waals surface area contributed by atoms with Crippen molar-refractivity contribution in [3.8, 4) is 0 Å². The number of carbonyl (C=O) groups excluding carboxylic acids is 2. The molecule has 0 heterocycles. The van der Waals surface area contributed by atoms with Crippen LogP contribution in [-0.4, -0.2) is 36.7 Å². The van der Waals surface area contributed by atoms with Gasteiger partial charge in [0.2, 0.25) is 0 Å². The molecule has 0 saturated heterocycles. The second-order valence-corrected chi connectivity index (χ2v) is 9.79. The van der Waals surface area contributed by atoms with Crippen LogP contribution in [0.5, 0.6) is 0 Å². The second kappa shape index (κ2) is 6.32. The van der Waals surface area contributed by atoms with E-state index in [2.05, 4.69) is 0 Å². The summed E-state index contributed by atoms with van der Waals surface area (Å²) in [7, 11) is -5.56. The number of halogens is 2. The molecule has 3 unspecified atom stereocenters. The van der Waals surface area contributed by atoms with Crippen molar-refractivity contribution in [3.05, 3.63) is 35.9 Å². The summed E-state index contributed by atoms with van der Waals surface area (Å²) in [5.74, 6) is -2.01. The molecule has 4 fully saturated rings. The van der Waals surface area contributed by atoms with Crippen LogP contribution in [0.25, 0.3) is 0 Å². The Morgan fingerprint density at radius 2 is 1.71 bits per heavy atom. The van der Waals surface area contributed by atoms with Gasteiger partial charge in [-0.1, -0.05) is 30.3 Å². The number of alkyl halides is 2. The molecule has 28 heavy (non-hydrogen) atoms. The third-order valence-corrected chi connectivity index (χ3v) is 7.86. The van der Waals surface area contributed by atoms with Gasteiger partial charge in [0.25, 0.3) is 21.3 Å². The van der Waals surface area contributed by atoms with Gasteiger partial charge in [-0.25, -0.2) is 13.6 Å². The SMILES string of the molecule is O=C1C2CC3CC1CC(OC(=O)C(c1ccccc1)(C(F)F)S(=O)(=O)O)(C3)C2. The van der Waals surface area contributed by atoms with Gasteiger partial charge >= 0.3 is 5.97 Å². The largest absolute Gasteiger partial charge is 0.457 e. The number of Topliss-reactive ketones (excluding diaryl/α,β-unsaturated/α-hetero) is 1. The van der Waals surface area contributed by atoms with Crippen molar-refractivity contribution in [2.45, 2.75) is 48.9 Å². The average molecular weight is 414 g/mol. The molecule has 0 spiro atoms. The third kappa shape index (κ3) is 2.70. The van der Waals surface area contributed by atoms with Crippen molar-refractivity contribution in [2.75, 3.05) is 0 Å². The summed E-state index contributed by atoms with van der Waals surface area (Å²) in [5.41, 5.74) is -1.69. The molecule has 5 rings (SSSR count). The van der Waals surface area contributed by atoms with Gasteiger partial charge in [0.1, 0.15) is 11.4 Å².